The van der Waals surface area contributed by atoms with Crippen LogP contribution < -0.4 is 4.90 Å². The van der Waals surface area contributed by atoms with Crippen molar-refractivity contribution in [2.75, 3.05) is 11.4 Å². The van der Waals surface area contributed by atoms with Gasteiger partial charge in [0, 0.05) is 29.8 Å². The third-order valence-electron chi connectivity index (χ3n) is 7.18. The van der Waals surface area contributed by atoms with E-state index in [9.17, 15) is 41.4 Å². The molecular formula is C30H23F7N4O4. The van der Waals surface area contributed by atoms with Crippen molar-refractivity contribution in [2.45, 2.75) is 45.3 Å². The molecule has 2 aromatic carbocycles. The van der Waals surface area contributed by atoms with Crippen LogP contribution in [0.5, 0.6) is 0 Å². The molecule has 15 heteroatoms. The van der Waals surface area contributed by atoms with E-state index in [1.54, 1.807) is 0 Å². The molecule has 4 aromatic rings. The SMILES string of the molecule is CC1=NC(C(F)(F)F)CN1c1ccc(-c2cc(F)c(CO)c(CC(=O)O)c2)cc1-c1nc(C)oc1-c1ccc(C(F)(F)F)nc1. The van der Waals surface area contributed by atoms with E-state index in [1.807, 2.05) is 0 Å². The van der Waals surface area contributed by atoms with E-state index >= 15 is 4.39 Å². The third kappa shape index (κ3) is 6.38. The molecule has 0 saturated heterocycles. The zero-order valence-electron chi connectivity index (χ0n) is 23.5. The maximum atomic E-state index is 15.0. The Hall–Kier alpha value is -4.79. The number of aryl methyl sites for hydroxylation is 1. The van der Waals surface area contributed by atoms with Crippen LogP contribution in [0, 0.1) is 12.7 Å². The van der Waals surface area contributed by atoms with Gasteiger partial charge in [-0.15, -0.1) is 0 Å². The molecule has 1 unspecified atom stereocenters. The molecule has 0 spiro atoms. The Morgan fingerprint density at radius 1 is 1.02 bits per heavy atom. The summed E-state index contributed by atoms with van der Waals surface area (Å²) in [4.78, 5) is 24.3. The third-order valence-corrected chi connectivity index (χ3v) is 7.18. The minimum atomic E-state index is -4.71. The van der Waals surface area contributed by atoms with Gasteiger partial charge in [-0.2, -0.15) is 26.3 Å². The van der Waals surface area contributed by atoms with E-state index in [0.717, 1.165) is 24.4 Å². The quantitative estimate of drug-likeness (QED) is 0.214. The number of anilines is 1. The van der Waals surface area contributed by atoms with Crippen LogP contribution in [-0.2, 0) is 24.0 Å². The molecule has 0 amide bonds. The molecule has 2 N–H and O–H groups in total. The highest BCUT2D eigenvalue weighted by Crippen LogP contribution is 2.42. The number of pyridine rings is 1. The molecule has 0 radical (unpaired) electrons. The summed E-state index contributed by atoms with van der Waals surface area (Å²) < 4.78 is 101. The van der Waals surface area contributed by atoms with Crippen molar-refractivity contribution in [1.82, 2.24) is 9.97 Å². The predicted octanol–water partition coefficient (Wildman–Crippen LogP) is 6.83. The summed E-state index contributed by atoms with van der Waals surface area (Å²) in [6, 6.07) is 6.70. The first kappa shape index (κ1) is 31.6. The maximum Gasteiger partial charge on any atom is 0.433 e. The number of benzene rings is 2. The summed E-state index contributed by atoms with van der Waals surface area (Å²) in [7, 11) is 0. The van der Waals surface area contributed by atoms with Crippen LogP contribution in [0.3, 0.4) is 0 Å². The Morgan fingerprint density at radius 2 is 1.73 bits per heavy atom. The Morgan fingerprint density at radius 3 is 2.31 bits per heavy atom. The lowest BCUT2D eigenvalue weighted by atomic mass is 9.94. The van der Waals surface area contributed by atoms with Gasteiger partial charge >= 0.3 is 18.3 Å². The van der Waals surface area contributed by atoms with Crippen molar-refractivity contribution >= 4 is 17.5 Å². The molecule has 5 rings (SSSR count). The first-order chi connectivity index (χ1) is 21.1. The molecule has 1 aliphatic rings. The summed E-state index contributed by atoms with van der Waals surface area (Å²) in [6.07, 6.45) is -9.01. The van der Waals surface area contributed by atoms with Gasteiger partial charge < -0.3 is 19.5 Å². The summed E-state index contributed by atoms with van der Waals surface area (Å²) in [5, 5.41) is 18.9. The maximum absolute atomic E-state index is 15.0. The van der Waals surface area contributed by atoms with Crippen molar-refractivity contribution in [2.24, 2.45) is 4.99 Å². The number of carboxylic acids is 1. The van der Waals surface area contributed by atoms with Crippen LogP contribution in [0.2, 0.25) is 0 Å². The second-order valence-corrected chi connectivity index (χ2v) is 10.2. The lowest BCUT2D eigenvalue weighted by molar-refractivity contribution is -0.143. The molecule has 3 heterocycles. The molecule has 236 valence electrons. The fraction of sp³-hybridized carbons (Fsp3) is 0.267. The number of aliphatic carboxylic acids is 1. The van der Waals surface area contributed by atoms with Crippen LogP contribution in [0.15, 0.2) is 58.1 Å². The molecule has 0 fully saturated rings. The largest absolute Gasteiger partial charge is 0.481 e. The van der Waals surface area contributed by atoms with Crippen molar-refractivity contribution < 1.29 is 50.2 Å². The van der Waals surface area contributed by atoms with E-state index in [-0.39, 0.29) is 56.7 Å². The Bertz CT molecular complexity index is 1800. The van der Waals surface area contributed by atoms with E-state index in [2.05, 4.69) is 15.0 Å². The molecule has 8 nitrogen and oxygen atoms in total. The number of carbonyl (C=O) groups is 1. The normalized spacial score (nSPS) is 15.5. The number of hydrogen-bond acceptors (Lipinski definition) is 7. The zero-order chi connectivity index (χ0) is 32.8. The molecule has 45 heavy (non-hydrogen) atoms. The number of aromatic nitrogens is 2. The highest BCUT2D eigenvalue weighted by molar-refractivity contribution is 6.02. The monoisotopic (exact) mass is 636 g/mol. The van der Waals surface area contributed by atoms with Gasteiger partial charge in [-0.1, -0.05) is 12.1 Å². The molecule has 1 atom stereocenters. The van der Waals surface area contributed by atoms with Crippen LogP contribution in [-0.4, -0.2) is 50.7 Å². The molecule has 0 aliphatic carbocycles. The van der Waals surface area contributed by atoms with Crippen LogP contribution in [0.4, 0.5) is 36.4 Å². The van der Waals surface area contributed by atoms with Crippen molar-refractivity contribution in [3.63, 3.8) is 0 Å². The van der Waals surface area contributed by atoms with Gasteiger partial charge in [-0.05, 0) is 53.9 Å². The zero-order valence-corrected chi connectivity index (χ0v) is 23.5. The Kier molecular flexibility index (Phi) is 8.16. The second-order valence-electron chi connectivity index (χ2n) is 10.2. The molecule has 2 aromatic heterocycles. The lowest BCUT2D eigenvalue weighted by Crippen LogP contribution is -2.34. The fourth-order valence-corrected chi connectivity index (χ4v) is 5.09. The molecule has 0 bridgehead atoms. The number of aliphatic hydroxyl groups is 1. The smallest absolute Gasteiger partial charge is 0.433 e. The Balaban J connectivity index is 1.71. The van der Waals surface area contributed by atoms with Gasteiger partial charge in [0.2, 0.25) is 0 Å². The van der Waals surface area contributed by atoms with Crippen molar-refractivity contribution in [3.05, 3.63) is 77.2 Å². The minimum absolute atomic E-state index is 0.00923. The van der Waals surface area contributed by atoms with Crippen LogP contribution >= 0.6 is 0 Å². The topological polar surface area (TPSA) is 112 Å². The van der Waals surface area contributed by atoms with Gasteiger partial charge in [-0.25, -0.2) is 9.37 Å². The molecule has 0 saturated carbocycles. The Labute approximate surface area is 250 Å². The number of rotatable bonds is 7. The van der Waals surface area contributed by atoms with Crippen LogP contribution in [0.1, 0.15) is 29.6 Å². The summed E-state index contributed by atoms with van der Waals surface area (Å²) >= 11 is 0. The molecular weight excluding hydrogens is 613 g/mol. The van der Waals surface area contributed by atoms with Gasteiger partial charge in [0.05, 0.1) is 25.3 Å². The number of oxazole rings is 1. The van der Waals surface area contributed by atoms with Gasteiger partial charge in [0.15, 0.2) is 17.7 Å². The summed E-state index contributed by atoms with van der Waals surface area (Å²) in [6.45, 7) is 1.53. The number of aliphatic hydroxyl groups excluding tert-OH is 1. The average molecular weight is 637 g/mol. The summed E-state index contributed by atoms with van der Waals surface area (Å²) in [5.74, 6) is -2.05. The number of carboxylic acid groups (broad SMARTS) is 1. The molecule has 1 aliphatic heterocycles. The number of aliphatic imine (C=N–C) groups is 1. The second kappa shape index (κ2) is 11.6. The van der Waals surface area contributed by atoms with Gasteiger partial charge in [0.1, 0.15) is 23.0 Å². The van der Waals surface area contributed by atoms with E-state index in [4.69, 9.17) is 4.42 Å². The highest BCUT2D eigenvalue weighted by atomic mass is 19.4. The van der Waals surface area contributed by atoms with E-state index < -0.39 is 55.4 Å². The first-order valence-corrected chi connectivity index (χ1v) is 13.2. The van der Waals surface area contributed by atoms with E-state index in [1.165, 1.54) is 43.0 Å². The fourth-order valence-electron chi connectivity index (χ4n) is 5.09. The predicted molar refractivity (Wildman–Crippen MR) is 148 cm³/mol. The summed E-state index contributed by atoms with van der Waals surface area (Å²) in [5.41, 5.74) is -0.362. The first-order valence-electron chi connectivity index (χ1n) is 13.2. The number of amidine groups is 1. The van der Waals surface area contributed by atoms with E-state index in [0.29, 0.717) is 5.56 Å². The van der Waals surface area contributed by atoms with Crippen molar-refractivity contribution in [3.8, 4) is 33.7 Å². The number of halogens is 7. The minimum Gasteiger partial charge on any atom is -0.481 e. The number of alkyl halides is 6. The lowest BCUT2D eigenvalue weighted by Gasteiger charge is -2.24. The van der Waals surface area contributed by atoms with Gasteiger partial charge in [-0.3, -0.25) is 14.8 Å². The number of hydrogen-bond donors (Lipinski definition) is 2. The average Bonchev–Trinajstić information content (AvgIpc) is 3.54. The standard InChI is InChI=1S/C30H23F7N4O4/c1-14-39-25(30(35,36)37)12-41(14)23-5-3-16(18-7-19(10-26(43)44)21(13-42)22(31)9-18)8-20(23)27-28(45-15(2)40-27)17-4-6-24(38-11-17)29(32,33)34/h3-9,11,25,42H,10,12-13H2,1-2H3,(H,43,44). The van der Waals surface area contributed by atoms with Gasteiger partial charge in [0.25, 0.3) is 0 Å². The van der Waals surface area contributed by atoms with Crippen molar-refractivity contribution in [1.29, 1.82) is 0 Å². The number of nitrogens with zero attached hydrogens (tertiary/aromatic N) is 4. The highest BCUT2D eigenvalue weighted by Gasteiger charge is 2.45. The van der Waals surface area contributed by atoms with Crippen LogP contribution in [0.25, 0.3) is 33.7 Å².